The lowest BCUT2D eigenvalue weighted by molar-refractivity contribution is 0.510. The zero-order valence-electron chi connectivity index (χ0n) is 12.5. The van der Waals surface area contributed by atoms with Gasteiger partial charge >= 0.3 is 0 Å². The van der Waals surface area contributed by atoms with Gasteiger partial charge in [-0.1, -0.05) is 52.0 Å². The van der Waals surface area contributed by atoms with Crippen LogP contribution in [0.1, 0.15) is 45.2 Å². The first kappa shape index (κ1) is 15.2. The zero-order valence-corrected chi connectivity index (χ0v) is 12.5. The first-order chi connectivity index (χ1) is 8.61. The fourth-order valence-electron chi connectivity index (χ4n) is 2.35. The summed E-state index contributed by atoms with van der Waals surface area (Å²) in [5.41, 5.74) is 2.97. The molecule has 0 spiro atoms. The second kappa shape index (κ2) is 8.31. The van der Waals surface area contributed by atoms with Gasteiger partial charge in [0.15, 0.2) is 0 Å². The fourth-order valence-corrected chi connectivity index (χ4v) is 2.35. The van der Waals surface area contributed by atoms with Gasteiger partial charge in [-0.15, -0.1) is 0 Å². The molecular weight excluding hydrogens is 218 g/mol. The molecule has 0 aromatic heterocycles. The smallest absolute Gasteiger partial charge is 0.00200 e. The summed E-state index contributed by atoms with van der Waals surface area (Å²) in [4.78, 5) is 0. The molecule has 1 nitrogen and oxygen atoms in total. The Bertz CT molecular complexity index is 330. The Morgan fingerprint density at radius 2 is 1.72 bits per heavy atom. The van der Waals surface area contributed by atoms with Crippen molar-refractivity contribution < 1.29 is 0 Å². The lowest BCUT2D eigenvalue weighted by Gasteiger charge is -2.13. The number of hydrogen-bond donors (Lipinski definition) is 1. The van der Waals surface area contributed by atoms with Gasteiger partial charge in [0.25, 0.3) is 0 Å². The van der Waals surface area contributed by atoms with Crippen LogP contribution in [0.25, 0.3) is 0 Å². The summed E-state index contributed by atoms with van der Waals surface area (Å²) in [7, 11) is 0. The average molecular weight is 247 g/mol. The Morgan fingerprint density at radius 1 is 1.06 bits per heavy atom. The summed E-state index contributed by atoms with van der Waals surface area (Å²) >= 11 is 0. The summed E-state index contributed by atoms with van der Waals surface area (Å²) in [5.74, 6) is 1.45. The van der Waals surface area contributed by atoms with Crippen LogP contribution < -0.4 is 5.32 Å². The van der Waals surface area contributed by atoms with Gasteiger partial charge in [-0.3, -0.25) is 0 Å². The molecule has 1 aromatic rings. The molecule has 1 atom stereocenters. The number of benzene rings is 1. The van der Waals surface area contributed by atoms with Crippen molar-refractivity contribution in [3.63, 3.8) is 0 Å². The molecule has 0 amide bonds. The molecule has 0 heterocycles. The second-order valence-corrected chi connectivity index (χ2v) is 5.93. The van der Waals surface area contributed by atoms with Crippen LogP contribution in [0.5, 0.6) is 0 Å². The molecule has 102 valence electrons. The highest BCUT2D eigenvalue weighted by Gasteiger charge is 2.04. The normalized spacial score (nSPS) is 12.9. The topological polar surface area (TPSA) is 12.0 Å². The monoisotopic (exact) mass is 247 g/mol. The molecule has 1 heteroatoms. The SMILES string of the molecule is CCCNCC(C)Cc1cccc(CC(C)C)c1. The van der Waals surface area contributed by atoms with Crippen LogP contribution in [0.4, 0.5) is 0 Å². The lowest BCUT2D eigenvalue weighted by Crippen LogP contribution is -2.23. The van der Waals surface area contributed by atoms with Gasteiger partial charge in [0, 0.05) is 0 Å². The van der Waals surface area contributed by atoms with E-state index in [4.69, 9.17) is 0 Å². The van der Waals surface area contributed by atoms with Crippen LogP contribution in [0.2, 0.25) is 0 Å². The third-order valence-corrected chi connectivity index (χ3v) is 3.14. The van der Waals surface area contributed by atoms with Gasteiger partial charge in [-0.05, 0) is 55.3 Å². The highest BCUT2D eigenvalue weighted by molar-refractivity contribution is 5.24. The van der Waals surface area contributed by atoms with Gasteiger partial charge < -0.3 is 5.32 Å². The third-order valence-electron chi connectivity index (χ3n) is 3.14. The maximum Gasteiger partial charge on any atom is -0.00200 e. The quantitative estimate of drug-likeness (QED) is 0.683. The van der Waals surface area contributed by atoms with Crippen molar-refractivity contribution >= 4 is 0 Å². The largest absolute Gasteiger partial charge is 0.316 e. The van der Waals surface area contributed by atoms with E-state index >= 15 is 0 Å². The van der Waals surface area contributed by atoms with Gasteiger partial charge in [-0.25, -0.2) is 0 Å². The molecular formula is C17H29N. The summed E-state index contributed by atoms with van der Waals surface area (Å²) < 4.78 is 0. The van der Waals surface area contributed by atoms with Crippen LogP contribution >= 0.6 is 0 Å². The van der Waals surface area contributed by atoms with Crippen molar-refractivity contribution in [1.82, 2.24) is 5.32 Å². The highest BCUT2D eigenvalue weighted by Crippen LogP contribution is 2.13. The van der Waals surface area contributed by atoms with Crippen molar-refractivity contribution in [3.05, 3.63) is 35.4 Å². The molecule has 1 aromatic carbocycles. The van der Waals surface area contributed by atoms with E-state index in [9.17, 15) is 0 Å². The summed E-state index contributed by atoms with van der Waals surface area (Å²) in [6.45, 7) is 11.4. The van der Waals surface area contributed by atoms with Crippen molar-refractivity contribution in [1.29, 1.82) is 0 Å². The molecule has 1 rings (SSSR count). The number of rotatable bonds is 8. The third kappa shape index (κ3) is 6.20. The van der Waals surface area contributed by atoms with E-state index in [-0.39, 0.29) is 0 Å². The summed E-state index contributed by atoms with van der Waals surface area (Å²) in [5, 5.41) is 3.50. The van der Waals surface area contributed by atoms with E-state index in [2.05, 4.69) is 57.3 Å². The molecule has 0 bridgehead atoms. The van der Waals surface area contributed by atoms with Crippen LogP contribution in [-0.2, 0) is 12.8 Å². The van der Waals surface area contributed by atoms with Gasteiger partial charge in [0.05, 0.1) is 0 Å². The van der Waals surface area contributed by atoms with Crippen LogP contribution in [-0.4, -0.2) is 13.1 Å². The lowest BCUT2D eigenvalue weighted by atomic mass is 9.96. The minimum atomic E-state index is 0.714. The van der Waals surface area contributed by atoms with Crippen molar-refractivity contribution in [2.45, 2.75) is 47.0 Å². The van der Waals surface area contributed by atoms with Crippen molar-refractivity contribution in [2.24, 2.45) is 11.8 Å². The molecule has 0 fully saturated rings. The van der Waals surface area contributed by atoms with Gasteiger partial charge in [-0.2, -0.15) is 0 Å². The van der Waals surface area contributed by atoms with E-state index in [1.54, 1.807) is 0 Å². The van der Waals surface area contributed by atoms with Crippen molar-refractivity contribution in [2.75, 3.05) is 13.1 Å². The fraction of sp³-hybridized carbons (Fsp3) is 0.647. The Morgan fingerprint density at radius 3 is 2.33 bits per heavy atom. The molecule has 0 radical (unpaired) electrons. The van der Waals surface area contributed by atoms with Crippen LogP contribution in [0.3, 0.4) is 0 Å². The van der Waals surface area contributed by atoms with E-state index in [0.29, 0.717) is 5.92 Å². The van der Waals surface area contributed by atoms with Crippen LogP contribution in [0, 0.1) is 11.8 Å². The number of hydrogen-bond acceptors (Lipinski definition) is 1. The molecule has 18 heavy (non-hydrogen) atoms. The first-order valence-electron chi connectivity index (χ1n) is 7.40. The maximum absolute atomic E-state index is 3.50. The minimum Gasteiger partial charge on any atom is -0.316 e. The van der Waals surface area contributed by atoms with Crippen molar-refractivity contribution in [3.8, 4) is 0 Å². The van der Waals surface area contributed by atoms with Crippen LogP contribution in [0.15, 0.2) is 24.3 Å². The minimum absolute atomic E-state index is 0.714. The molecule has 0 aliphatic carbocycles. The van der Waals surface area contributed by atoms with E-state index < -0.39 is 0 Å². The Labute approximate surface area is 113 Å². The van der Waals surface area contributed by atoms with Gasteiger partial charge in [0.1, 0.15) is 0 Å². The molecule has 1 N–H and O–H groups in total. The highest BCUT2D eigenvalue weighted by atomic mass is 14.8. The Balaban J connectivity index is 2.45. The van der Waals surface area contributed by atoms with Gasteiger partial charge in [0.2, 0.25) is 0 Å². The molecule has 1 unspecified atom stereocenters. The van der Waals surface area contributed by atoms with E-state index in [1.165, 1.54) is 30.4 Å². The summed E-state index contributed by atoms with van der Waals surface area (Å²) in [6, 6.07) is 9.11. The Hall–Kier alpha value is -0.820. The zero-order chi connectivity index (χ0) is 13.4. The molecule has 0 aliphatic rings. The predicted octanol–water partition coefficient (Wildman–Crippen LogP) is 4.06. The van der Waals surface area contributed by atoms with E-state index in [1.807, 2.05) is 0 Å². The maximum atomic E-state index is 3.50. The second-order valence-electron chi connectivity index (χ2n) is 5.93. The Kier molecular flexibility index (Phi) is 7.04. The predicted molar refractivity (Wildman–Crippen MR) is 81.0 cm³/mol. The standard InChI is InChI=1S/C17H29N/c1-5-9-18-13-15(4)11-17-8-6-7-16(12-17)10-14(2)3/h6-8,12,14-15,18H,5,9-11,13H2,1-4H3. The molecule has 0 saturated heterocycles. The molecule has 0 aliphatic heterocycles. The van der Waals surface area contributed by atoms with E-state index in [0.717, 1.165) is 19.0 Å². The number of nitrogens with one attached hydrogen (secondary N) is 1. The average Bonchev–Trinajstić information content (AvgIpc) is 2.28. The molecule has 0 saturated carbocycles. The summed E-state index contributed by atoms with van der Waals surface area (Å²) in [6.07, 6.45) is 3.59. The first-order valence-corrected chi connectivity index (χ1v) is 7.40.